The van der Waals surface area contributed by atoms with Gasteiger partial charge >= 0.3 is 11.9 Å². The van der Waals surface area contributed by atoms with Crippen LogP contribution in [0.5, 0.6) is 0 Å². The fourth-order valence-corrected chi connectivity index (χ4v) is 4.80. The number of esters is 1. The van der Waals surface area contributed by atoms with Crippen LogP contribution in [0, 0.1) is 0 Å². The average molecular weight is 611 g/mol. The van der Waals surface area contributed by atoms with E-state index in [0.29, 0.717) is 12.8 Å². The molecule has 250 valence electrons. The number of amides is 2. The number of rotatable bonds is 30. The molecule has 0 heterocycles. The van der Waals surface area contributed by atoms with Gasteiger partial charge in [-0.3, -0.25) is 14.4 Å². The molecule has 0 aliphatic heterocycles. The lowest BCUT2D eigenvalue weighted by Gasteiger charge is -2.15. The highest BCUT2D eigenvalue weighted by Crippen LogP contribution is 2.15. The summed E-state index contributed by atoms with van der Waals surface area (Å²) in [7, 11) is 0. The third-order valence-electron chi connectivity index (χ3n) is 7.50. The van der Waals surface area contributed by atoms with E-state index in [2.05, 4.69) is 30.6 Å². The van der Waals surface area contributed by atoms with E-state index in [4.69, 9.17) is 14.9 Å². The summed E-state index contributed by atoms with van der Waals surface area (Å²) in [5.41, 5.74) is 0. The lowest BCUT2D eigenvalue weighted by molar-refractivity contribution is -0.147. The minimum Gasteiger partial charge on any atom is -0.480 e. The smallest absolute Gasteiger partial charge is 0.328 e. The average Bonchev–Trinajstić information content (AvgIpc) is 2.98. The van der Waals surface area contributed by atoms with Gasteiger partial charge in [-0.1, -0.05) is 110 Å². The molecule has 0 rings (SSSR count). The first kappa shape index (κ1) is 40.6. The van der Waals surface area contributed by atoms with Crippen LogP contribution < -0.4 is 10.6 Å². The quantitative estimate of drug-likeness (QED) is 0.0400. The molecule has 0 radical (unpaired) electrons. The van der Waals surface area contributed by atoms with Crippen LogP contribution in [0.15, 0.2) is 12.2 Å². The standard InChI is InChI=1S/C34H62N2O7/c1-3-5-7-9-10-11-12-13-14-16-22-26-33(40)43-29(23-19-15-8-6-4-2)24-20-17-18-21-25-31(38)35-27-32(39)36-30(28-37)34(41)42/h19,23,29-30,37H,3-18,20-22,24-28H2,1-2H3,(H,35,38)(H,36,39)(H,41,42)/b23-19-. The second kappa shape index (κ2) is 29.6. The summed E-state index contributed by atoms with van der Waals surface area (Å²) >= 11 is 0. The van der Waals surface area contributed by atoms with Crippen molar-refractivity contribution < 1.29 is 34.1 Å². The number of carbonyl (C=O) groups excluding carboxylic acids is 3. The highest BCUT2D eigenvalue weighted by atomic mass is 16.5. The zero-order valence-electron chi connectivity index (χ0n) is 27.2. The van der Waals surface area contributed by atoms with Crippen LogP contribution in [0.2, 0.25) is 0 Å². The number of allylic oxidation sites excluding steroid dienone is 1. The SMILES string of the molecule is CCCCC/C=C\C(CCCCCCC(=O)NCC(=O)NC(CO)C(=O)O)OC(=O)CCCCCCCCCCCCC. The summed E-state index contributed by atoms with van der Waals surface area (Å²) < 4.78 is 5.82. The number of nitrogens with one attached hydrogen (secondary N) is 2. The van der Waals surface area contributed by atoms with Gasteiger partial charge in [-0.15, -0.1) is 0 Å². The number of carbonyl (C=O) groups is 4. The minimum atomic E-state index is -1.39. The van der Waals surface area contributed by atoms with E-state index in [9.17, 15) is 19.2 Å². The third kappa shape index (κ3) is 26.9. The van der Waals surface area contributed by atoms with E-state index in [1.165, 1.54) is 70.6 Å². The molecule has 2 amide bonds. The van der Waals surface area contributed by atoms with Gasteiger partial charge in [0.25, 0.3) is 0 Å². The fraction of sp³-hybridized carbons (Fsp3) is 0.824. The Morgan fingerprint density at radius 1 is 0.698 bits per heavy atom. The van der Waals surface area contributed by atoms with Crippen molar-refractivity contribution in [3.63, 3.8) is 0 Å². The zero-order valence-corrected chi connectivity index (χ0v) is 27.2. The van der Waals surface area contributed by atoms with Gasteiger partial charge in [0.2, 0.25) is 11.8 Å². The molecule has 0 aromatic carbocycles. The summed E-state index contributed by atoms with van der Waals surface area (Å²) in [6.07, 6.45) is 27.0. The first-order valence-electron chi connectivity index (χ1n) is 17.1. The number of aliphatic carboxylic acids is 1. The van der Waals surface area contributed by atoms with Crippen molar-refractivity contribution in [3.8, 4) is 0 Å². The maximum Gasteiger partial charge on any atom is 0.328 e. The summed E-state index contributed by atoms with van der Waals surface area (Å²) in [6.45, 7) is 3.37. The molecule has 0 bridgehead atoms. The van der Waals surface area contributed by atoms with E-state index in [1.807, 2.05) is 6.08 Å². The number of carboxylic acids is 1. The van der Waals surface area contributed by atoms with Gasteiger partial charge in [0.1, 0.15) is 12.1 Å². The fourth-order valence-electron chi connectivity index (χ4n) is 4.80. The second-order valence-corrected chi connectivity index (χ2v) is 11.6. The van der Waals surface area contributed by atoms with Crippen LogP contribution in [-0.4, -0.2) is 59.3 Å². The predicted molar refractivity (Wildman–Crippen MR) is 172 cm³/mol. The van der Waals surface area contributed by atoms with Crippen molar-refractivity contribution in [2.24, 2.45) is 0 Å². The first-order valence-corrected chi connectivity index (χ1v) is 17.1. The van der Waals surface area contributed by atoms with Crippen molar-refractivity contribution in [2.45, 2.75) is 167 Å². The third-order valence-corrected chi connectivity index (χ3v) is 7.50. The molecule has 0 saturated carbocycles. The first-order chi connectivity index (χ1) is 20.8. The van der Waals surface area contributed by atoms with Gasteiger partial charge in [0.05, 0.1) is 13.2 Å². The number of aliphatic hydroxyl groups excluding tert-OH is 1. The van der Waals surface area contributed by atoms with Crippen molar-refractivity contribution in [1.29, 1.82) is 0 Å². The molecular weight excluding hydrogens is 548 g/mol. The number of hydrogen-bond acceptors (Lipinski definition) is 6. The van der Waals surface area contributed by atoms with Crippen molar-refractivity contribution in [1.82, 2.24) is 10.6 Å². The van der Waals surface area contributed by atoms with Crippen LogP contribution in [0.25, 0.3) is 0 Å². The highest BCUT2D eigenvalue weighted by Gasteiger charge is 2.18. The molecule has 9 nitrogen and oxygen atoms in total. The Hall–Kier alpha value is -2.42. The molecule has 0 fully saturated rings. The molecular formula is C34H62N2O7. The van der Waals surface area contributed by atoms with Gasteiger partial charge in [0, 0.05) is 12.8 Å². The van der Waals surface area contributed by atoms with Crippen LogP contribution in [-0.2, 0) is 23.9 Å². The van der Waals surface area contributed by atoms with Gasteiger partial charge in [0.15, 0.2) is 0 Å². The van der Waals surface area contributed by atoms with E-state index in [-0.39, 0.29) is 30.9 Å². The Morgan fingerprint density at radius 3 is 1.81 bits per heavy atom. The molecule has 2 atom stereocenters. The molecule has 43 heavy (non-hydrogen) atoms. The molecule has 0 aliphatic rings. The van der Waals surface area contributed by atoms with Crippen molar-refractivity contribution in [3.05, 3.63) is 12.2 Å². The van der Waals surface area contributed by atoms with Gasteiger partial charge < -0.3 is 25.6 Å². The number of unbranched alkanes of at least 4 members (excludes halogenated alkanes) is 16. The largest absolute Gasteiger partial charge is 0.480 e. The number of carboxylic acid groups (broad SMARTS) is 1. The van der Waals surface area contributed by atoms with E-state index in [0.717, 1.165) is 51.4 Å². The summed E-state index contributed by atoms with van der Waals surface area (Å²) in [6, 6.07) is -1.39. The summed E-state index contributed by atoms with van der Waals surface area (Å²) in [4.78, 5) is 47.1. The van der Waals surface area contributed by atoms with Crippen LogP contribution in [0.1, 0.15) is 155 Å². The Kier molecular flexibility index (Phi) is 28.0. The van der Waals surface area contributed by atoms with E-state index < -0.39 is 24.5 Å². The Balaban J connectivity index is 4.18. The maximum atomic E-state index is 12.5. The summed E-state index contributed by atoms with van der Waals surface area (Å²) in [5, 5.41) is 22.4. The molecule has 0 aliphatic carbocycles. The maximum absolute atomic E-state index is 12.5. The van der Waals surface area contributed by atoms with E-state index >= 15 is 0 Å². The number of hydrogen-bond donors (Lipinski definition) is 4. The highest BCUT2D eigenvalue weighted by molar-refractivity contribution is 5.87. The van der Waals surface area contributed by atoms with Crippen LogP contribution in [0.3, 0.4) is 0 Å². The normalized spacial score (nSPS) is 12.6. The van der Waals surface area contributed by atoms with Gasteiger partial charge in [-0.2, -0.15) is 0 Å². The van der Waals surface area contributed by atoms with Gasteiger partial charge in [-0.25, -0.2) is 4.79 Å². The molecule has 0 saturated heterocycles. The molecule has 2 unspecified atom stereocenters. The van der Waals surface area contributed by atoms with Crippen molar-refractivity contribution in [2.75, 3.05) is 13.2 Å². The van der Waals surface area contributed by atoms with E-state index in [1.54, 1.807) is 0 Å². The second-order valence-electron chi connectivity index (χ2n) is 11.6. The number of ether oxygens (including phenoxy) is 1. The molecule has 0 aromatic heterocycles. The Bertz CT molecular complexity index is 757. The zero-order chi connectivity index (χ0) is 32.0. The molecule has 0 aromatic rings. The van der Waals surface area contributed by atoms with Crippen LogP contribution in [0.4, 0.5) is 0 Å². The van der Waals surface area contributed by atoms with Crippen molar-refractivity contribution >= 4 is 23.8 Å². The Morgan fingerprint density at radius 2 is 1.23 bits per heavy atom. The van der Waals surface area contributed by atoms with Crippen LogP contribution >= 0.6 is 0 Å². The Labute approximate surface area is 261 Å². The molecule has 4 N–H and O–H groups in total. The minimum absolute atomic E-state index is 0.117. The number of aliphatic hydroxyl groups is 1. The molecule has 0 spiro atoms. The topological polar surface area (TPSA) is 142 Å². The summed E-state index contributed by atoms with van der Waals surface area (Å²) in [5.74, 6) is -2.40. The molecule has 9 heteroatoms. The lowest BCUT2D eigenvalue weighted by Crippen LogP contribution is -2.47. The monoisotopic (exact) mass is 610 g/mol. The predicted octanol–water partition coefficient (Wildman–Crippen LogP) is 6.75. The lowest BCUT2D eigenvalue weighted by atomic mass is 10.1. The van der Waals surface area contributed by atoms with Gasteiger partial charge in [-0.05, 0) is 44.6 Å².